The predicted molar refractivity (Wildman–Crippen MR) is 86.9 cm³/mol. The molecular weight excluding hydrogens is 356 g/mol. The van der Waals surface area contributed by atoms with E-state index in [1.54, 1.807) is 18.2 Å². The topological polar surface area (TPSA) is 35.5 Å². The highest BCUT2D eigenvalue weighted by molar-refractivity contribution is 9.10. The average molecular weight is 370 g/mol. The lowest BCUT2D eigenvalue weighted by atomic mass is 10.0. The highest BCUT2D eigenvalue weighted by Crippen LogP contribution is 2.37. The Balaban J connectivity index is 2.55. The van der Waals surface area contributed by atoms with Crippen molar-refractivity contribution >= 4 is 33.3 Å². The fraction of sp³-hybridized carbons (Fsp3) is 0.188. The summed E-state index contributed by atoms with van der Waals surface area (Å²) in [6, 6.07) is 8.84. The molecule has 0 aliphatic rings. The third kappa shape index (κ3) is 3.22. The Hall–Kier alpha value is -1.52. The number of methoxy groups -OCH3 is 2. The number of hydrogen-bond acceptors (Lipinski definition) is 3. The van der Waals surface area contributed by atoms with Crippen molar-refractivity contribution in [1.82, 2.24) is 0 Å². The van der Waals surface area contributed by atoms with Gasteiger partial charge in [0.25, 0.3) is 0 Å². The number of hydrogen-bond donors (Lipinski definition) is 0. The van der Waals surface area contributed by atoms with Crippen LogP contribution in [0.3, 0.4) is 0 Å². The van der Waals surface area contributed by atoms with E-state index < -0.39 is 0 Å². The van der Waals surface area contributed by atoms with Crippen LogP contribution in [-0.2, 0) is 0 Å². The van der Waals surface area contributed by atoms with Crippen molar-refractivity contribution < 1.29 is 14.3 Å². The van der Waals surface area contributed by atoms with Gasteiger partial charge in [-0.25, -0.2) is 0 Å². The lowest BCUT2D eigenvalue weighted by Crippen LogP contribution is -2.05. The number of carbonyl (C=O) groups excluding carboxylic acids is 1. The first-order valence-corrected chi connectivity index (χ1v) is 7.37. The first kappa shape index (κ1) is 15.9. The van der Waals surface area contributed by atoms with Gasteiger partial charge in [-0.15, -0.1) is 0 Å². The van der Waals surface area contributed by atoms with Crippen LogP contribution in [0.5, 0.6) is 11.5 Å². The van der Waals surface area contributed by atoms with Crippen molar-refractivity contribution in [3.63, 3.8) is 0 Å². The number of benzene rings is 2. The summed E-state index contributed by atoms with van der Waals surface area (Å²) in [5, 5.41) is 0.289. The van der Waals surface area contributed by atoms with E-state index in [0.717, 1.165) is 10.0 Å². The van der Waals surface area contributed by atoms with E-state index in [2.05, 4.69) is 15.9 Å². The van der Waals surface area contributed by atoms with Gasteiger partial charge in [0.1, 0.15) is 10.8 Å². The van der Waals surface area contributed by atoms with Crippen LogP contribution in [-0.4, -0.2) is 20.0 Å². The molecule has 0 saturated heterocycles. The molecule has 0 aromatic heterocycles. The third-order valence-corrected chi connectivity index (χ3v) is 3.85. The Labute approximate surface area is 137 Å². The lowest BCUT2D eigenvalue weighted by molar-refractivity contribution is 0.103. The molecule has 21 heavy (non-hydrogen) atoms. The number of ketones is 1. The highest BCUT2D eigenvalue weighted by atomic mass is 79.9. The number of rotatable bonds is 4. The zero-order chi connectivity index (χ0) is 15.6. The Kier molecular flexibility index (Phi) is 4.91. The van der Waals surface area contributed by atoms with E-state index in [1.165, 1.54) is 14.2 Å². The quantitative estimate of drug-likeness (QED) is 0.735. The van der Waals surface area contributed by atoms with Crippen molar-refractivity contribution in [2.24, 2.45) is 0 Å². The molecule has 0 radical (unpaired) electrons. The van der Waals surface area contributed by atoms with Gasteiger partial charge in [-0.3, -0.25) is 4.79 Å². The van der Waals surface area contributed by atoms with Crippen LogP contribution in [0.1, 0.15) is 21.5 Å². The van der Waals surface area contributed by atoms with Crippen LogP contribution in [0.4, 0.5) is 0 Å². The third-order valence-electron chi connectivity index (χ3n) is 3.03. The minimum absolute atomic E-state index is 0.152. The van der Waals surface area contributed by atoms with Crippen molar-refractivity contribution in [2.45, 2.75) is 6.92 Å². The van der Waals surface area contributed by atoms with E-state index >= 15 is 0 Å². The van der Waals surface area contributed by atoms with Gasteiger partial charge in [0.15, 0.2) is 11.5 Å². The fourth-order valence-corrected chi connectivity index (χ4v) is 3.02. The van der Waals surface area contributed by atoms with Crippen LogP contribution >= 0.6 is 27.5 Å². The molecule has 2 aromatic rings. The van der Waals surface area contributed by atoms with Crippen molar-refractivity contribution in [2.75, 3.05) is 14.2 Å². The summed E-state index contributed by atoms with van der Waals surface area (Å²) < 4.78 is 11.3. The van der Waals surface area contributed by atoms with Crippen LogP contribution < -0.4 is 9.47 Å². The van der Waals surface area contributed by atoms with Gasteiger partial charge in [0.05, 0.1) is 19.8 Å². The molecule has 0 aliphatic heterocycles. The highest BCUT2D eigenvalue weighted by Gasteiger charge is 2.20. The minimum atomic E-state index is -0.152. The molecule has 0 fully saturated rings. The van der Waals surface area contributed by atoms with Crippen molar-refractivity contribution in [3.8, 4) is 11.5 Å². The molecule has 0 unspecified atom stereocenters. The smallest absolute Gasteiger partial charge is 0.196 e. The maximum atomic E-state index is 12.7. The number of ether oxygens (including phenoxy) is 2. The Bertz CT molecular complexity index is 678. The van der Waals surface area contributed by atoms with Gasteiger partial charge in [-0.05, 0) is 42.8 Å². The normalized spacial score (nSPS) is 10.3. The molecule has 110 valence electrons. The second-order valence-corrected chi connectivity index (χ2v) is 5.80. The van der Waals surface area contributed by atoms with Crippen molar-refractivity contribution in [3.05, 3.63) is 56.5 Å². The van der Waals surface area contributed by atoms with E-state index in [4.69, 9.17) is 21.1 Å². The number of halogens is 2. The maximum Gasteiger partial charge on any atom is 0.196 e. The summed E-state index contributed by atoms with van der Waals surface area (Å²) >= 11 is 9.59. The molecule has 0 saturated carbocycles. The van der Waals surface area contributed by atoms with E-state index in [1.807, 2.05) is 19.1 Å². The molecule has 0 amide bonds. The van der Waals surface area contributed by atoms with Gasteiger partial charge >= 0.3 is 0 Å². The Morgan fingerprint density at radius 2 is 1.86 bits per heavy atom. The number of carbonyl (C=O) groups is 1. The summed E-state index contributed by atoms with van der Waals surface area (Å²) in [5.74, 6) is 0.634. The minimum Gasteiger partial charge on any atom is -0.495 e. The summed E-state index contributed by atoms with van der Waals surface area (Å²) in [5.41, 5.74) is 1.97. The zero-order valence-corrected chi connectivity index (χ0v) is 14.2. The maximum absolute atomic E-state index is 12.7. The summed E-state index contributed by atoms with van der Waals surface area (Å²) in [6.07, 6.45) is 0. The standard InChI is InChI=1S/C16H14BrClO3/c1-9-6-10(8-11(17)7-9)15(19)12-4-5-13(20-2)14(18)16(12)21-3/h4-8H,1-3H3. The molecule has 0 heterocycles. The van der Waals surface area contributed by atoms with Crippen LogP contribution in [0.15, 0.2) is 34.8 Å². The molecule has 0 aliphatic carbocycles. The average Bonchev–Trinajstić information content (AvgIpc) is 2.45. The first-order valence-electron chi connectivity index (χ1n) is 6.20. The zero-order valence-electron chi connectivity index (χ0n) is 11.9. The summed E-state index contributed by atoms with van der Waals surface area (Å²) in [4.78, 5) is 12.7. The molecule has 0 N–H and O–H groups in total. The molecule has 2 aromatic carbocycles. The second-order valence-electron chi connectivity index (χ2n) is 4.51. The van der Waals surface area contributed by atoms with Gasteiger partial charge < -0.3 is 9.47 Å². The van der Waals surface area contributed by atoms with Gasteiger partial charge in [-0.2, -0.15) is 0 Å². The number of aryl methyl sites for hydroxylation is 1. The SMILES string of the molecule is COc1ccc(C(=O)c2cc(C)cc(Br)c2)c(OC)c1Cl. The Morgan fingerprint density at radius 3 is 2.43 bits per heavy atom. The van der Waals surface area contributed by atoms with Gasteiger partial charge in [-0.1, -0.05) is 27.5 Å². The van der Waals surface area contributed by atoms with Crippen molar-refractivity contribution in [1.29, 1.82) is 0 Å². The van der Waals surface area contributed by atoms with E-state index in [-0.39, 0.29) is 10.8 Å². The molecule has 3 nitrogen and oxygen atoms in total. The lowest BCUT2D eigenvalue weighted by Gasteiger charge is -2.13. The molecule has 0 spiro atoms. The second kappa shape index (κ2) is 6.50. The van der Waals surface area contributed by atoms with Crippen LogP contribution in [0.25, 0.3) is 0 Å². The summed E-state index contributed by atoms with van der Waals surface area (Å²) in [7, 11) is 2.99. The van der Waals surface area contributed by atoms with Crippen LogP contribution in [0.2, 0.25) is 5.02 Å². The first-order chi connectivity index (χ1) is 9.97. The predicted octanol–water partition coefficient (Wildman–Crippen LogP) is 4.66. The van der Waals surface area contributed by atoms with Gasteiger partial charge in [0, 0.05) is 10.0 Å². The largest absolute Gasteiger partial charge is 0.495 e. The van der Waals surface area contributed by atoms with E-state index in [0.29, 0.717) is 22.6 Å². The van der Waals surface area contributed by atoms with E-state index in [9.17, 15) is 4.79 Å². The van der Waals surface area contributed by atoms with Gasteiger partial charge in [0.2, 0.25) is 0 Å². The molecular formula is C16H14BrClO3. The monoisotopic (exact) mass is 368 g/mol. The Morgan fingerprint density at radius 1 is 1.14 bits per heavy atom. The van der Waals surface area contributed by atoms with Crippen LogP contribution in [0, 0.1) is 6.92 Å². The molecule has 2 rings (SSSR count). The molecule has 0 atom stereocenters. The molecule has 0 bridgehead atoms. The molecule has 5 heteroatoms. The summed E-state index contributed by atoms with van der Waals surface area (Å²) in [6.45, 7) is 1.93. The fourth-order valence-electron chi connectivity index (χ4n) is 2.10.